The minimum atomic E-state index is -4.20. The third kappa shape index (κ3) is 7.10. The molecule has 1 aliphatic heterocycles. The van der Waals surface area contributed by atoms with Crippen LogP contribution in [-0.4, -0.2) is 58.6 Å². The molecule has 0 radical (unpaired) electrons. The Bertz CT molecular complexity index is 571. The van der Waals surface area contributed by atoms with Crippen molar-refractivity contribution in [2.45, 2.75) is 25.1 Å². The zero-order chi connectivity index (χ0) is 18.4. The summed E-state index contributed by atoms with van der Waals surface area (Å²) in [4.78, 5) is 2.06. The molecule has 1 heterocycles. The second kappa shape index (κ2) is 11.7. The lowest BCUT2D eigenvalue weighted by Gasteiger charge is -2.36. The van der Waals surface area contributed by atoms with Crippen molar-refractivity contribution in [2.24, 2.45) is 0 Å². The first kappa shape index (κ1) is 25.9. The van der Waals surface area contributed by atoms with E-state index in [0.29, 0.717) is 35.9 Å². The van der Waals surface area contributed by atoms with E-state index < -0.39 is 18.6 Å². The van der Waals surface area contributed by atoms with Gasteiger partial charge >= 0.3 is 6.18 Å². The Morgan fingerprint density at radius 3 is 1.96 bits per heavy atom. The molecular weight excluding hydrogens is 408 g/mol. The third-order valence-corrected chi connectivity index (χ3v) is 4.39. The number of hydrogen-bond acceptors (Lipinski definition) is 5. The summed E-state index contributed by atoms with van der Waals surface area (Å²) in [5.41, 5.74) is 0.686. The highest BCUT2D eigenvalue weighted by Crippen LogP contribution is 2.42. The molecule has 0 saturated carbocycles. The Morgan fingerprint density at radius 2 is 1.48 bits per heavy atom. The Morgan fingerprint density at radius 1 is 0.963 bits per heavy atom. The maximum absolute atomic E-state index is 12.8. The zero-order valence-electron chi connectivity index (χ0n) is 15.6. The van der Waals surface area contributed by atoms with E-state index in [1.165, 1.54) is 21.3 Å². The average molecular weight is 435 g/mol. The summed E-state index contributed by atoms with van der Waals surface area (Å²) >= 11 is 0. The van der Waals surface area contributed by atoms with Crippen LogP contribution in [0.5, 0.6) is 17.2 Å². The number of benzene rings is 1. The molecule has 27 heavy (non-hydrogen) atoms. The van der Waals surface area contributed by atoms with Crippen LogP contribution in [0.15, 0.2) is 12.1 Å². The molecule has 1 atom stereocenters. The van der Waals surface area contributed by atoms with Crippen molar-refractivity contribution < 1.29 is 27.4 Å². The van der Waals surface area contributed by atoms with E-state index in [-0.39, 0.29) is 31.2 Å². The largest absolute Gasteiger partial charge is 0.496 e. The van der Waals surface area contributed by atoms with Gasteiger partial charge < -0.3 is 19.5 Å². The SMILES string of the molecule is COc1cc(OC)c([C@H](CCC(F)(F)F)N2CCNCC2)cc1OC.Cl.Cl. The fourth-order valence-electron chi connectivity index (χ4n) is 3.14. The van der Waals surface area contributed by atoms with Gasteiger partial charge in [0.25, 0.3) is 0 Å². The highest BCUT2D eigenvalue weighted by molar-refractivity contribution is 5.85. The van der Waals surface area contributed by atoms with Crippen LogP contribution in [0, 0.1) is 0 Å². The predicted octanol–water partition coefficient (Wildman–Crippen LogP) is 3.84. The first-order valence-corrected chi connectivity index (χ1v) is 8.21. The van der Waals surface area contributed by atoms with Crippen LogP contribution in [0.4, 0.5) is 13.2 Å². The number of methoxy groups -OCH3 is 3. The molecule has 1 saturated heterocycles. The number of nitrogens with zero attached hydrogens (tertiary/aromatic N) is 1. The van der Waals surface area contributed by atoms with Gasteiger partial charge in [0.15, 0.2) is 11.5 Å². The van der Waals surface area contributed by atoms with Crippen molar-refractivity contribution in [2.75, 3.05) is 47.5 Å². The van der Waals surface area contributed by atoms with Gasteiger partial charge in [0.05, 0.1) is 21.3 Å². The lowest BCUT2D eigenvalue weighted by atomic mass is 9.97. The fraction of sp³-hybridized carbons (Fsp3) is 0.647. The molecule has 1 N–H and O–H groups in total. The van der Waals surface area contributed by atoms with Gasteiger partial charge in [-0.15, -0.1) is 24.8 Å². The molecule has 1 aromatic carbocycles. The van der Waals surface area contributed by atoms with Crippen LogP contribution in [0.2, 0.25) is 0 Å². The minimum Gasteiger partial charge on any atom is -0.496 e. The quantitative estimate of drug-likeness (QED) is 0.705. The average Bonchev–Trinajstić information content (AvgIpc) is 2.61. The van der Waals surface area contributed by atoms with Crippen LogP contribution in [0.25, 0.3) is 0 Å². The van der Waals surface area contributed by atoms with Crippen molar-refractivity contribution in [3.63, 3.8) is 0 Å². The molecular formula is C17H27Cl2F3N2O3. The molecule has 1 aromatic rings. The van der Waals surface area contributed by atoms with E-state index >= 15 is 0 Å². The van der Waals surface area contributed by atoms with Crippen molar-refractivity contribution in [3.05, 3.63) is 17.7 Å². The second-order valence-corrected chi connectivity index (χ2v) is 5.90. The Labute approximate surface area is 170 Å². The summed E-state index contributed by atoms with van der Waals surface area (Å²) in [6.07, 6.45) is -5.08. The Kier molecular flexibility index (Phi) is 11.2. The summed E-state index contributed by atoms with van der Waals surface area (Å²) < 4.78 is 54.5. The number of nitrogens with one attached hydrogen (secondary N) is 1. The first-order chi connectivity index (χ1) is 11.9. The highest BCUT2D eigenvalue weighted by atomic mass is 35.5. The second-order valence-electron chi connectivity index (χ2n) is 5.90. The summed E-state index contributed by atoms with van der Waals surface area (Å²) in [6.45, 7) is 2.86. The summed E-state index contributed by atoms with van der Waals surface area (Å²) in [5.74, 6) is 1.46. The van der Waals surface area contributed by atoms with E-state index in [9.17, 15) is 13.2 Å². The molecule has 1 fully saturated rings. The van der Waals surface area contributed by atoms with Crippen molar-refractivity contribution in [1.29, 1.82) is 0 Å². The van der Waals surface area contributed by atoms with Gasteiger partial charge in [-0.05, 0) is 12.5 Å². The highest BCUT2D eigenvalue weighted by Gasteiger charge is 2.33. The Hall–Kier alpha value is -1.09. The van der Waals surface area contributed by atoms with Gasteiger partial charge in [-0.1, -0.05) is 0 Å². The summed E-state index contributed by atoms with van der Waals surface area (Å²) in [7, 11) is 4.52. The van der Waals surface area contributed by atoms with Crippen LogP contribution in [0.1, 0.15) is 24.4 Å². The molecule has 0 amide bonds. The first-order valence-electron chi connectivity index (χ1n) is 8.21. The lowest BCUT2D eigenvalue weighted by Crippen LogP contribution is -2.45. The maximum atomic E-state index is 12.8. The fourth-order valence-corrected chi connectivity index (χ4v) is 3.14. The normalized spacial score (nSPS) is 15.9. The number of rotatable bonds is 7. The smallest absolute Gasteiger partial charge is 0.389 e. The molecule has 2 rings (SSSR count). The number of hydrogen-bond donors (Lipinski definition) is 1. The number of halogens is 5. The van der Waals surface area contributed by atoms with Gasteiger partial charge in [0, 0.05) is 50.3 Å². The van der Waals surface area contributed by atoms with Crippen molar-refractivity contribution in [1.82, 2.24) is 10.2 Å². The van der Waals surface area contributed by atoms with Gasteiger partial charge in [-0.25, -0.2) is 0 Å². The molecule has 0 spiro atoms. The van der Waals surface area contributed by atoms with Gasteiger partial charge in [0.2, 0.25) is 0 Å². The van der Waals surface area contributed by atoms with Crippen LogP contribution >= 0.6 is 24.8 Å². The van der Waals surface area contributed by atoms with Crippen molar-refractivity contribution in [3.8, 4) is 17.2 Å². The standard InChI is InChI=1S/C17H25F3N2O3.2ClH/c1-23-14-11-16(25-3)15(24-2)10-12(14)13(4-5-17(18,19)20)22-8-6-21-7-9-22;;/h10-11,13,21H,4-9H2,1-3H3;2*1H/t13-;;/m0../s1. The van der Waals surface area contributed by atoms with E-state index in [2.05, 4.69) is 10.2 Å². The van der Waals surface area contributed by atoms with Crippen LogP contribution in [-0.2, 0) is 0 Å². The van der Waals surface area contributed by atoms with Gasteiger partial charge in [0.1, 0.15) is 5.75 Å². The molecule has 10 heteroatoms. The van der Waals surface area contributed by atoms with E-state index in [1.807, 2.05) is 0 Å². The molecule has 0 bridgehead atoms. The lowest BCUT2D eigenvalue weighted by molar-refractivity contribution is -0.138. The van der Waals surface area contributed by atoms with Gasteiger partial charge in [-0.3, -0.25) is 4.90 Å². The zero-order valence-corrected chi connectivity index (χ0v) is 17.2. The van der Waals surface area contributed by atoms with E-state index in [0.717, 1.165) is 13.1 Å². The van der Waals surface area contributed by atoms with E-state index in [1.54, 1.807) is 12.1 Å². The molecule has 0 aliphatic carbocycles. The topological polar surface area (TPSA) is 43.0 Å². The molecule has 0 aromatic heterocycles. The number of alkyl halides is 3. The molecule has 158 valence electrons. The minimum absolute atomic E-state index is 0. The predicted molar refractivity (Wildman–Crippen MR) is 103 cm³/mol. The number of piperazine rings is 1. The van der Waals surface area contributed by atoms with Crippen LogP contribution in [0.3, 0.4) is 0 Å². The van der Waals surface area contributed by atoms with Gasteiger partial charge in [-0.2, -0.15) is 13.2 Å². The molecule has 0 unspecified atom stereocenters. The third-order valence-electron chi connectivity index (χ3n) is 4.39. The van der Waals surface area contributed by atoms with Crippen LogP contribution < -0.4 is 19.5 Å². The summed E-state index contributed by atoms with van der Waals surface area (Å²) in [5, 5.41) is 3.22. The number of ether oxygens (including phenoxy) is 3. The Balaban J connectivity index is 0.00000338. The molecule has 1 aliphatic rings. The maximum Gasteiger partial charge on any atom is 0.389 e. The monoisotopic (exact) mass is 434 g/mol. The summed E-state index contributed by atoms with van der Waals surface area (Å²) in [6, 6.07) is 2.98. The molecule has 5 nitrogen and oxygen atoms in total. The van der Waals surface area contributed by atoms with E-state index in [4.69, 9.17) is 14.2 Å². The van der Waals surface area contributed by atoms with Crippen molar-refractivity contribution >= 4 is 24.8 Å².